The molecule has 0 bridgehead atoms. The predicted molar refractivity (Wildman–Crippen MR) is 54.3 cm³/mol. The van der Waals surface area contributed by atoms with E-state index in [0.29, 0.717) is 12.6 Å². The summed E-state index contributed by atoms with van der Waals surface area (Å²) in [4.78, 5) is 0. The van der Waals surface area contributed by atoms with Crippen molar-refractivity contribution in [3.63, 3.8) is 0 Å². The average Bonchev–Trinajstić information content (AvgIpc) is 2.30. The third-order valence-corrected chi connectivity index (χ3v) is 2.16. The van der Waals surface area contributed by atoms with E-state index in [9.17, 15) is 0 Å². The molecule has 0 aromatic carbocycles. The monoisotopic (exact) mass is 210 g/mol. The topological polar surface area (TPSA) is 51.8 Å². The first-order chi connectivity index (χ1) is 7.35. The van der Waals surface area contributed by atoms with Gasteiger partial charge >= 0.3 is 5.95 Å². The van der Waals surface area contributed by atoms with Gasteiger partial charge in [-0.05, 0) is 12.2 Å². The molecule has 2 rings (SSSR count). The van der Waals surface area contributed by atoms with Crippen molar-refractivity contribution in [2.45, 2.75) is 0 Å². The van der Waals surface area contributed by atoms with Gasteiger partial charge in [-0.2, -0.15) is 0 Å². The van der Waals surface area contributed by atoms with Crippen LogP contribution in [0.25, 0.3) is 0 Å². The zero-order valence-electron chi connectivity index (χ0n) is 8.79. The van der Waals surface area contributed by atoms with E-state index in [2.05, 4.69) is 10.6 Å². The molecule has 2 aliphatic heterocycles. The van der Waals surface area contributed by atoms with Crippen molar-refractivity contribution < 1.29 is 14.2 Å². The molecule has 0 amide bonds. The number of nitrogens with one attached hydrogen (secondary N) is 2. The van der Waals surface area contributed by atoms with Crippen LogP contribution in [0.3, 0.4) is 0 Å². The maximum Gasteiger partial charge on any atom is 0.303 e. The third kappa shape index (κ3) is 1.86. The van der Waals surface area contributed by atoms with Crippen LogP contribution in [0.1, 0.15) is 0 Å². The summed E-state index contributed by atoms with van der Waals surface area (Å²) in [5.74, 6) is 2.12. The molecule has 2 N–H and O–H groups in total. The van der Waals surface area contributed by atoms with Gasteiger partial charge in [0.25, 0.3) is 0 Å². The van der Waals surface area contributed by atoms with E-state index in [-0.39, 0.29) is 0 Å². The van der Waals surface area contributed by atoms with Crippen molar-refractivity contribution in [1.82, 2.24) is 10.6 Å². The lowest BCUT2D eigenvalue weighted by Gasteiger charge is -2.25. The van der Waals surface area contributed by atoms with Gasteiger partial charge in [-0.25, -0.2) is 0 Å². The number of rotatable bonds is 2. The van der Waals surface area contributed by atoms with Crippen molar-refractivity contribution in [2.75, 3.05) is 27.4 Å². The fourth-order valence-corrected chi connectivity index (χ4v) is 1.49. The highest BCUT2D eigenvalue weighted by molar-refractivity contribution is 5.35. The second-order valence-electron chi connectivity index (χ2n) is 3.08. The molecule has 82 valence electrons. The molecule has 0 unspecified atom stereocenters. The van der Waals surface area contributed by atoms with Crippen LogP contribution in [0.2, 0.25) is 0 Å². The van der Waals surface area contributed by atoms with Crippen LogP contribution in [-0.4, -0.2) is 27.4 Å². The molecule has 0 saturated carbocycles. The lowest BCUT2D eigenvalue weighted by molar-refractivity contribution is 0.0897. The number of methoxy groups -OCH3 is 2. The molecule has 2 aliphatic rings. The Morgan fingerprint density at radius 2 is 2.13 bits per heavy atom. The van der Waals surface area contributed by atoms with Crippen molar-refractivity contribution in [3.8, 4) is 0 Å². The molecule has 2 heterocycles. The highest BCUT2D eigenvalue weighted by Crippen LogP contribution is 2.17. The van der Waals surface area contributed by atoms with Crippen molar-refractivity contribution in [1.29, 1.82) is 0 Å². The number of dihydropyridines is 1. The molecule has 15 heavy (non-hydrogen) atoms. The van der Waals surface area contributed by atoms with Gasteiger partial charge in [-0.15, -0.1) is 0 Å². The van der Waals surface area contributed by atoms with Gasteiger partial charge in [-0.1, -0.05) is 0 Å². The minimum atomic E-state index is 0.449. The van der Waals surface area contributed by atoms with Crippen LogP contribution in [0.5, 0.6) is 0 Å². The SMILES string of the molecule is COC(OC)=C1C=CC2=C(NCCO2)N1. The van der Waals surface area contributed by atoms with Crippen LogP contribution in [0.15, 0.2) is 35.4 Å². The molecule has 5 nitrogen and oxygen atoms in total. The Bertz CT molecular complexity index is 339. The van der Waals surface area contributed by atoms with Gasteiger partial charge in [0.2, 0.25) is 0 Å². The molecular formula is C10H14N2O3. The molecular weight excluding hydrogens is 196 g/mol. The fraction of sp³-hybridized carbons (Fsp3) is 0.400. The van der Waals surface area contributed by atoms with E-state index in [4.69, 9.17) is 14.2 Å². The molecule has 0 spiro atoms. The largest absolute Gasteiger partial charge is 0.488 e. The van der Waals surface area contributed by atoms with Gasteiger partial charge in [0.1, 0.15) is 18.1 Å². The Labute approximate surface area is 88.4 Å². The lowest BCUT2D eigenvalue weighted by atomic mass is 10.2. The second kappa shape index (κ2) is 4.16. The Hall–Kier alpha value is -1.78. The second-order valence-corrected chi connectivity index (χ2v) is 3.08. The van der Waals surface area contributed by atoms with E-state index in [1.165, 1.54) is 0 Å². The van der Waals surface area contributed by atoms with E-state index in [0.717, 1.165) is 23.8 Å². The summed E-state index contributed by atoms with van der Waals surface area (Å²) in [5.41, 5.74) is 0.775. The highest BCUT2D eigenvalue weighted by Gasteiger charge is 2.18. The van der Waals surface area contributed by atoms with Crippen LogP contribution >= 0.6 is 0 Å². The first kappa shape index (κ1) is 9.76. The zero-order chi connectivity index (χ0) is 10.7. The molecule has 0 aromatic rings. The summed E-state index contributed by atoms with van der Waals surface area (Å²) in [6, 6.07) is 0. The van der Waals surface area contributed by atoms with Crippen molar-refractivity contribution in [3.05, 3.63) is 35.4 Å². The number of ether oxygens (including phenoxy) is 3. The van der Waals surface area contributed by atoms with Crippen molar-refractivity contribution in [2.24, 2.45) is 0 Å². The minimum absolute atomic E-state index is 0.449. The quantitative estimate of drug-likeness (QED) is 0.646. The Morgan fingerprint density at radius 1 is 1.33 bits per heavy atom. The number of hydrogen-bond acceptors (Lipinski definition) is 5. The molecule has 0 fully saturated rings. The zero-order valence-corrected chi connectivity index (χ0v) is 8.79. The van der Waals surface area contributed by atoms with Crippen molar-refractivity contribution >= 4 is 0 Å². The van der Waals surface area contributed by atoms with Gasteiger partial charge in [-0.3, -0.25) is 0 Å². The third-order valence-electron chi connectivity index (χ3n) is 2.16. The summed E-state index contributed by atoms with van der Waals surface area (Å²) >= 11 is 0. The first-order valence-electron chi connectivity index (χ1n) is 4.73. The van der Waals surface area contributed by atoms with Crippen LogP contribution in [0.4, 0.5) is 0 Å². The summed E-state index contributed by atoms with van der Waals surface area (Å²) in [6.07, 6.45) is 3.74. The maximum atomic E-state index is 5.44. The molecule has 0 aliphatic carbocycles. The number of allylic oxidation sites excluding steroid dienone is 2. The molecule has 0 radical (unpaired) electrons. The highest BCUT2D eigenvalue weighted by atomic mass is 16.7. The summed E-state index contributed by atoms with van der Waals surface area (Å²) in [5, 5.41) is 6.34. The van der Waals surface area contributed by atoms with E-state index >= 15 is 0 Å². The van der Waals surface area contributed by atoms with Crippen LogP contribution in [-0.2, 0) is 14.2 Å². The lowest BCUT2D eigenvalue weighted by Crippen LogP contribution is -2.36. The van der Waals surface area contributed by atoms with Gasteiger partial charge < -0.3 is 24.8 Å². The van der Waals surface area contributed by atoms with E-state index in [1.54, 1.807) is 14.2 Å². The minimum Gasteiger partial charge on any atom is -0.488 e. The molecule has 0 aromatic heterocycles. The fourth-order valence-electron chi connectivity index (χ4n) is 1.49. The Morgan fingerprint density at radius 3 is 2.87 bits per heavy atom. The van der Waals surface area contributed by atoms with Crippen LogP contribution < -0.4 is 10.6 Å². The van der Waals surface area contributed by atoms with Crippen LogP contribution in [0, 0.1) is 0 Å². The summed E-state index contributed by atoms with van der Waals surface area (Å²) in [6.45, 7) is 1.48. The normalized spacial score (nSPS) is 18.4. The summed E-state index contributed by atoms with van der Waals surface area (Å²) < 4.78 is 15.6. The maximum absolute atomic E-state index is 5.44. The summed E-state index contributed by atoms with van der Waals surface area (Å²) in [7, 11) is 3.13. The van der Waals surface area contributed by atoms with Gasteiger partial charge in [0, 0.05) is 0 Å². The van der Waals surface area contributed by atoms with Gasteiger partial charge in [0.05, 0.1) is 20.8 Å². The Balaban J connectivity index is 2.21. The predicted octanol–water partition coefficient (Wildman–Crippen LogP) is 0.397. The van der Waals surface area contributed by atoms with E-state index < -0.39 is 0 Å². The molecule has 0 atom stereocenters. The standard InChI is InChI=1S/C10H14N2O3/c1-13-10(14-2)7-3-4-8-9(12-7)11-5-6-15-8/h3-4,11-12H,5-6H2,1-2H3. The Kier molecular flexibility index (Phi) is 2.71. The van der Waals surface area contributed by atoms with Gasteiger partial charge in [0.15, 0.2) is 5.76 Å². The number of hydrogen-bond donors (Lipinski definition) is 2. The average molecular weight is 210 g/mol. The smallest absolute Gasteiger partial charge is 0.303 e. The van der Waals surface area contributed by atoms with E-state index in [1.807, 2.05) is 12.2 Å². The molecule has 0 saturated heterocycles. The molecule has 5 heteroatoms. The first-order valence-corrected chi connectivity index (χ1v) is 4.73.